The Hall–Kier alpha value is -2.21. The van der Waals surface area contributed by atoms with Crippen molar-refractivity contribution < 1.29 is 14.3 Å². The normalized spacial score (nSPS) is 21.1. The van der Waals surface area contributed by atoms with E-state index in [4.69, 9.17) is 0 Å². The maximum absolute atomic E-state index is 14.5. The van der Waals surface area contributed by atoms with Crippen LogP contribution in [0, 0.1) is 0 Å². The second-order valence-electron chi connectivity index (χ2n) is 6.58. The van der Waals surface area contributed by atoms with Gasteiger partial charge in [0.25, 0.3) is 5.91 Å². The van der Waals surface area contributed by atoms with Crippen LogP contribution in [0.4, 0.5) is 10.2 Å². The highest BCUT2D eigenvalue weighted by atomic mass is 19.1. The quantitative estimate of drug-likeness (QED) is 0.937. The number of fused-ring (bicyclic) bond motifs is 1. The predicted molar refractivity (Wildman–Crippen MR) is 92.1 cm³/mol. The molecule has 1 amide bonds. The van der Waals surface area contributed by atoms with Crippen molar-refractivity contribution in [3.8, 4) is 0 Å². The first kappa shape index (κ1) is 16.6. The van der Waals surface area contributed by atoms with Gasteiger partial charge in [-0.05, 0) is 25.0 Å². The van der Waals surface area contributed by atoms with E-state index in [1.807, 2.05) is 43.3 Å². The van der Waals surface area contributed by atoms with Crippen LogP contribution in [0.5, 0.6) is 0 Å². The molecule has 1 aromatic heterocycles. The zero-order valence-electron chi connectivity index (χ0n) is 14.0. The molecule has 2 heterocycles. The van der Waals surface area contributed by atoms with Gasteiger partial charge >= 0.3 is 0 Å². The van der Waals surface area contributed by atoms with E-state index in [9.17, 15) is 14.3 Å². The number of hydrogen-bond acceptors (Lipinski definition) is 4. The van der Waals surface area contributed by atoms with E-state index < -0.39 is 12.3 Å². The summed E-state index contributed by atoms with van der Waals surface area (Å²) in [4.78, 5) is 20.9. The number of aliphatic hydroxyl groups is 1. The van der Waals surface area contributed by atoms with Crippen LogP contribution in [0.2, 0.25) is 0 Å². The summed E-state index contributed by atoms with van der Waals surface area (Å²) in [6, 6.07) is 9.20. The first-order valence-corrected chi connectivity index (χ1v) is 8.10. The molecule has 1 unspecified atom stereocenters. The van der Waals surface area contributed by atoms with E-state index in [0.717, 1.165) is 10.9 Å². The van der Waals surface area contributed by atoms with Crippen molar-refractivity contribution in [2.45, 2.75) is 18.5 Å². The van der Waals surface area contributed by atoms with Crippen LogP contribution in [0.3, 0.4) is 0 Å². The minimum absolute atomic E-state index is 0.0731. The van der Waals surface area contributed by atoms with Gasteiger partial charge in [0.15, 0.2) is 5.67 Å². The summed E-state index contributed by atoms with van der Waals surface area (Å²) in [7, 11) is 3.73. The van der Waals surface area contributed by atoms with Crippen LogP contribution >= 0.6 is 0 Å². The van der Waals surface area contributed by atoms with Crippen molar-refractivity contribution in [3.63, 3.8) is 0 Å². The third kappa shape index (κ3) is 3.06. The maximum Gasteiger partial charge on any atom is 0.254 e. The van der Waals surface area contributed by atoms with Crippen LogP contribution in [0.25, 0.3) is 10.9 Å². The molecule has 1 atom stereocenters. The molecule has 2 aromatic rings. The number of aliphatic hydroxyl groups excluding tert-OH is 1. The molecule has 5 nitrogen and oxygen atoms in total. The Morgan fingerprint density at radius 3 is 2.88 bits per heavy atom. The third-order valence-electron chi connectivity index (χ3n) is 4.49. The van der Waals surface area contributed by atoms with Crippen LogP contribution < -0.4 is 4.90 Å². The lowest BCUT2D eigenvalue weighted by molar-refractivity contribution is 0.00181. The Morgan fingerprint density at radius 1 is 1.42 bits per heavy atom. The molecular weight excluding hydrogens is 309 g/mol. The molecule has 0 bridgehead atoms. The standard InChI is InChI=1S/C18H22FN3O2/c1-21(2)16-10-14(13-6-3-4-7-15(13)20-16)17(24)22-9-5-8-18(19,11-22)12-23/h3-4,6-7,10,23H,5,8-9,11-12H2,1-2H3. The summed E-state index contributed by atoms with van der Waals surface area (Å²) in [6.45, 7) is -0.133. The summed E-state index contributed by atoms with van der Waals surface area (Å²) < 4.78 is 14.5. The minimum atomic E-state index is -1.71. The zero-order valence-corrected chi connectivity index (χ0v) is 14.0. The molecule has 0 aliphatic carbocycles. The molecule has 1 saturated heterocycles. The molecular formula is C18H22FN3O2. The number of benzene rings is 1. The van der Waals surface area contributed by atoms with Crippen molar-refractivity contribution in [3.05, 3.63) is 35.9 Å². The summed E-state index contributed by atoms with van der Waals surface area (Å²) in [6.07, 6.45) is 0.833. The molecule has 1 aliphatic heterocycles. The lowest BCUT2D eigenvalue weighted by atomic mass is 9.94. The molecule has 3 rings (SSSR count). The van der Waals surface area contributed by atoms with Gasteiger partial charge < -0.3 is 14.9 Å². The highest BCUT2D eigenvalue weighted by Crippen LogP contribution is 2.28. The molecule has 1 fully saturated rings. The van der Waals surface area contributed by atoms with Gasteiger partial charge in [0, 0.05) is 26.0 Å². The van der Waals surface area contributed by atoms with Crippen molar-refractivity contribution in [1.82, 2.24) is 9.88 Å². The SMILES string of the molecule is CN(C)c1cc(C(=O)N2CCCC(F)(CO)C2)c2ccccc2n1. The van der Waals surface area contributed by atoms with Gasteiger partial charge in [-0.2, -0.15) is 0 Å². The number of carbonyl (C=O) groups is 1. The van der Waals surface area contributed by atoms with Gasteiger partial charge in [0.2, 0.25) is 0 Å². The second kappa shape index (κ2) is 6.36. The van der Waals surface area contributed by atoms with Crippen LogP contribution in [-0.4, -0.2) is 60.4 Å². The number of nitrogens with zero attached hydrogens (tertiary/aromatic N) is 3. The third-order valence-corrected chi connectivity index (χ3v) is 4.49. The fourth-order valence-corrected chi connectivity index (χ4v) is 3.13. The lowest BCUT2D eigenvalue weighted by Gasteiger charge is -2.36. The lowest BCUT2D eigenvalue weighted by Crippen LogP contribution is -2.49. The number of halogens is 1. The van der Waals surface area contributed by atoms with Crippen molar-refractivity contribution in [1.29, 1.82) is 0 Å². The predicted octanol–water partition coefficient (Wildman–Crippen LogP) is 2.24. The average Bonchev–Trinajstić information content (AvgIpc) is 2.60. The van der Waals surface area contributed by atoms with Crippen molar-refractivity contribution >= 4 is 22.6 Å². The largest absolute Gasteiger partial charge is 0.393 e. The van der Waals surface area contributed by atoms with Gasteiger partial charge in [0.1, 0.15) is 5.82 Å². The number of anilines is 1. The number of carbonyl (C=O) groups excluding carboxylic acids is 1. The van der Waals surface area contributed by atoms with Crippen LogP contribution in [0.1, 0.15) is 23.2 Å². The van der Waals surface area contributed by atoms with Gasteiger partial charge in [-0.1, -0.05) is 18.2 Å². The monoisotopic (exact) mass is 331 g/mol. The number of aromatic nitrogens is 1. The number of amides is 1. The minimum Gasteiger partial charge on any atom is -0.393 e. The summed E-state index contributed by atoms with van der Waals surface area (Å²) in [5.74, 6) is 0.467. The van der Waals surface area contributed by atoms with Crippen molar-refractivity contribution in [2.24, 2.45) is 0 Å². The first-order valence-electron chi connectivity index (χ1n) is 8.10. The Bertz CT molecular complexity index is 765. The second-order valence-corrected chi connectivity index (χ2v) is 6.58. The molecule has 6 heteroatoms. The first-order chi connectivity index (χ1) is 11.4. The van der Waals surface area contributed by atoms with E-state index in [1.165, 1.54) is 4.90 Å². The Morgan fingerprint density at radius 2 is 2.17 bits per heavy atom. The van der Waals surface area contributed by atoms with E-state index >= 15 is 0 Å². The van der Waals surface area contributed by atoms with E-state index in [0.29, 0.717) is 24.3 Å². The fourth-order valence-electron chi connectivity index (χ4n) is 3.13. The Balaban J connectivity index is 2.03. The topological polar surface area (TPSA) is 56.7 Å². The van der Waals surface area contributed by atoms with Gasteiger partial charge in [-0.15, -0.1) is 0 Å². The number of pyridine rings is 1. The Labute approximate surface area is 140 Å². The summed E-state index contributed by atoms with van der Waals surface area (Å²) >= 11 is 0. The summed E-state index contributed by atoms with van der Waals surface area (Å²) in [5, 5.41) is 10.0. The highest BCUT2D eigenvalue weighted by Gasteiger charge is 2.37. The van der Waals surface area contributed by atoms with Crippen LogP contribution in [0.15, 0.2) is 30.3 Å². The number of rotatable bonds is 3. The van der Waals surface area contributed by atoms with Crippen LogP contribution in [-0.2, 0) is 0 Å². The molecule has 0 radical (unpaired) electrons. The molecule has 0 spiro atoms. The molecule has 128 valence electrons. The van der Waals surface area contributed by atoms with E-state index in [2.05, 4.69) is 4.98 Å². The average molecular weight is 331 g/mol. The smallest absolute Gasteiger partial charge is 0.254 e. The fraction of sp³-hybridized carbons (Fsp3) is 0.444. The zero-order chi connectivity index (χ0) is 17.3. The number of para-hydroxylation sites is 1. The van der Waals surface area contributed by atoms with Gasteiger partial charge in [-0.3, -0.25) is 4.79 Å². The molecule has 1 aliphatic rings. The van der Waals surface area contributed by atoms with E-state index in [-0.39, 0.29) is 18.9 Å². The number of piperidine rings is 1. The van der Waals surface area contributed by atoms with Gasteiger partial charge in [-0.25, -0.2) is 9.37 Å². The molecule has 1 aromatic carbocycles. The molecule has 0 saturated carbocycles. The summed E-state index contributed by atoms with van der Waals surface area (Å²) in [5.41, 5.74) is -0.453. The highest BCUT2D eigenvalue weighted by molar-refractivity contribution is 6.07. The van der Waals surface area contributed by atoms with Crippen molar-refractivity contribution in [2.75, 3.05) is 38.7 Å². The van der Waals surface area contributed by atoms with Gasteiger partial charge in [0.05, 0.1) is 24.2 Å². The maximum atomic E-state index is 14.5. The molecule has 24 heavy (non-hydrogen) atoms. The molecule has 1 N–H and O–H groups in total. The Kier molecular flexibility index (Phi) is 4.41. The number of alkyl halides is 1. The van der Waals surface area contributed by atoms with E-state index in [1.54, 1.807) is 6.07 Å². The number of hydrogen-bond donors (Lipinski definition) is 1. The number of likely N-dealkylation sites (tertiary alicyclic amines) is 1.